The van der Waals surface area contributed by atoms with Crippen molar-refractivity contribution in [3.63, 3.8) is 0 Å². The van der Waals surface area contributed by atoms with Crippen LogP contribution in [0.4, 0.5) is 0 Å². The summed E-state index contributed by atoms with van der Waals surface area (Å²) in [7, 11) is 0. The van der Waals surface area contributed by atoms with Gasteiger partial charge in [-0.1, -0.05) is 70.2 Å². The van der Waals surface area contributed by atoms with Gasteiger partial charge >= 0.3 is 0 Å². The molecule has 1 aliphatic heterocycles. The van der Waals surface area contributed by atoms with Crippen LogP contribution in [0.5, 0.6) is 0 Å². The smallest absolute Gasteiger partial charge is 0.238 e. The van der Waals surface area contributed by atoms with Crippen molar-refractivity contribution in [2.75, 3.05) is 13.1 Å². The first-order valence-electron chi connectivity index (χ1n) is 10.6. The number of rotatable bonds is 7. The van der Waals surface area contributed by atoms with Crippen molar-refractivity contribution in [3.8, 4) is 0 Å². The van der Waals surface area contributed by atoms with Gasteiger partial charge in [-0.05, 0) is 49.4 Å². The van der Waals surface area contributed by atoms with Gasteiger partial charge < -0.3 is 15.0 Å². The lowest BCUT2D eigenvalue weighted by Crippen LogP contribution is -2.48. The van der Waals surface area contributed by atoms with Crippen LogP contribution in [0.2, 0.25) is 0 Å². The molecule has 0 aromatic heterocycles. The zero-order valence-corrected chi connectivity index (χ0v) is 20.0. The van der Waals surface area contributed by atoms with Crippen molar-refractivity contribution in [1.82, 2.24) is 10.2 Å². The standard InChI is InChI=1S/C24H27BrN2O3S/c1-24(18-10-12-19(25)13-11-18)27(15-23(29)31-24)22(28)14-26-20-8-5-9-21(20)30-16-17-6-3-2-4-7-17/h2-4,6-7,10-13,20-21,26H,5,8-9,14-16H2,1H3/t20-,21-,24?/m1/s1. The van der Waals surface area contributed by atoms with Gasteiger partial charge in [0.15, 0.2) is 0 Å². The van der Waals surface area contributed by atoms with Gasteiger partial charge in [-0.25, -0.2) is 0 Å². The second-order valence-electron chi connectivity index (χ2n) is 8.20. The van der Waals surface area contributed by atoms with Crippen molar-refractivity contribution in [1.29, 1.82) is 0 Å². The molecule has 1 aliphatic carbocycles. The average molecular weight is 503 g/mol. The van der Waals surface area contributed by atoms with Crippen molar-refractivity contribution in [3.05, 3.63) is 70.2 Å². The Balaban J connectivity index is 1.36. The van der Waals surface area contributed by atoms with Crippen LogP contribution in [-0.2, 0) is 25.8 Å². The Morgan fingerprint density at radius 1 is 1.19 bits per heavy atom. The van der Waals surface area contributed by atoms with Crippen LogP contribution < -0.4 is 5.32 Å². The molecule has 3 atom stereocenters. The van der Waals surface area contributed by atoms with Crippen molar-refractivity contribution in [2.24, 2.45) is 0 Å². The van der Waals surface area contributed by atoms with Crippen LogP contribution in [0.25, 0.3) is 0 Å². The Morgan fingerprint density at radius 2 is 1.94 bits per heavy atom. The van der Waals surface area contributed by atoms with E-state index in [9.17, 15) is 9.59 Å². The predicted octanol–water partition coefficient (Wildman–Crippen LogP) is 4.45. The van der Waals surface area contributed by atoms with E-state index in [1.54, 1.807) is 4.90 Å². The summed E-state index contributed by atoms with van der Waals surface area (Å²) in [5.74, 6) is -0.0579. The number of nitrogens with one attached hydrogen (secondary N) is 1. The summed E-state index contributed by atoms with van der Waals surface area (Å²) in [4.78, 5) is 26.4. The summed E-state index contributed by atoms with van der Waals surface area (Å²) in [6.45, 7) is 2.87. The minimum absolute atomic E-state index is 0.0173. The highest BCUT2D eigenvalue weighted by atomic mass is 79.9. The molecule has 1 N–H and O–H groups in total. The van der Waals surface area contributed by atoms with Gasteiger partial charge in [0.1, 0.15) is 4.87 Å². The van der Waals surface area contributed by atoms with Gasteiger partial charge in [0.05, 0.1) is 25.8 Å². The summed E-state index contributed by atoms with van der Waals surface area (Å²) in [5.41, 5.74) is 2.10. The summed E-state index contributed by atoms with van der Waals surface area (Å²) >= 11 is 4.67. The van der Waals surface area contributed by atoms with Crippen molar-refractivity contribution < 1.29 is 14.3 Å². The first-order chi connectivity index (χ1) is 15.0. The van der Waals surface area contributed by atoms with Crippen molar-refractivity contribution >= 4 is 38.7 Å². The highest BCUT2D eigenvalue weighted by Crippen LogP contribution is 2.45. The third-order valence-electron chi connectivity index (χ3n) is 6.07. The number of amides is 1. The fraction of sp³-hybridized carbons (Fsp3) is 0.417. The number of hydrogen-bond donors (Lipinski definition) is 1. The fourth-order valence-corrected chi connectivity index (χ4v) is 5.77. The Labute approximate surface area is 196 Å². The molecule has 164 valence electrons. The van der Waals surface area contributed by atoms with Gasteiger partial charge in [0, 0.05) is 10.5 Å². The number of hydrogen-bond acceptors (Lipinski definition) is 5. The quantitative estimate of drug-likeness (QED) is 0.605. The summed E-state index contributed by atoms with van der Waals surface area (Å²) < 4.78 is 7.12. The maximum absolute atomic E-state index is 13.1. The van der Waals surface area contributed by atoms with Crippen LogP contribution in [0.1, 0.15) is 37.3 Å². The number of halogens is 1. The largest absolute Gasteiger partial charge is 0.372 e. The summed E-state index contributed by atoms with van der Waals surface area (Å²) in [6, 6.07) is 18.1. The lowest BCUT2D eigenvalue weighted by atomic mass is 10.1. The second kappa shape index (κ2) is 9.86. The Bertz CT molecular complexity index is 924. The molecular formula is C24H27BrN2O3S. The third kappa shape index (κ3) is 5.22. The van der Waals surface area contributed by atoms with Crippen LogP contribution >= 0.6 is 27.7 Å². The molecule has 4 rings (SSSR count). The number of ether oxygens (including phenoxy) is 1. The Hall–Kier alpha value is -1.67. The van der Waals surface area contributed by atoms with Crippen molar-refractivity contribution in [2.45, 2.75) is 49.8 Å². The lowest BCUT2D eigenvalue weighted by molar-refractivity contribution is -0.134. The van der Waals surface area contributed by atoms with E-state index in [0.717, 1.165) is 34.9 Å². The lowest BCUT2D eigenvalue weighted by Gasteiger charge is -2.34. The van der Waals surface area contributed by atoms with Gasteiger partial charge in [-0.2, -0.15) is 0 Å². The van der Waals surface area contributed by atoms with Crippen LogP contribution in [0.3, 0.4) is 0 Å². The highest BCUT2D eigenvalue weighted by Gasteiger charge is 2.46. The van der Waals surface area contributed by atoms with Crippen LogP contribution in [-0.4, -0.2) is 41.2 Å². The van der Waals surface area contributed by atoms with E-state index in [0.29, 0.717) is 6.61 Å². The summed E-state index contributed by atoms with van der Waals surface area (Å²) in [5, 5.41) is 3.43. The molecule has 1 saturated carbocycles. The zero-order valence-electron chi connectivity index (χ0n) is 17.6. The molecule has 31 heavy (non-hydrogen) atoms. The number of carbonyl (C=O) groups is 2. The molecule has 0 spiro atoms. The molecule has 7 heteroatoms. The minimum atomic E-state index is -0.685. The Morgan fingerprint density at radius 3 is 2.68 bits per heavy atom. The molecule has 5 nitrogen and oxygen atoms in total. The van der Waals surface area contributed by atoms with E-state index in [1.807, 2.05) is 49.4 Å². The fourth-order valence-electron chi connectivity index (χ4n) is 4.34. The van der Waals surface area contributed by atoms with Gasteiger partial charge in [0.25, 0.3) is 0 Å². The number of carbonyl (C=O) groups excluding carboxylic acids is 2. The normalized spacial score (nSPS) is 25.9. The monoisotopic (exact) mass is 502 g/mol. The minimum Gasteiger partial charge on any atom is -0.372 e. The molecule has 1 heterocycles. The highest BCUT2D eigenvalue weighted by molar-refractivity contribution is 9.10. The van der Waals surface area contributed by atoms with E-state index >= 15 is 0 Å². The molecule has 2 aliphatic rings. The SMILES string of the molecule is CC1(c2ccc(Br)cc2)SC(=O)CN1C(=O)CN[C@@H]1CCC[C@H]1OCc1ccccc1. The van der Waals surface area contributed by atoms with Gasteiger partial charge in [-0.15, -0.1) is 0 Å². The van der Waals surface area contributed by atoms with E-state index in [-0.39, 0.29) is 36.3 Å². The molecule has 0 radical (unpaired) electrons. The van der Waals surface area contributed by atoms with Gasteiger partial charge in [0.2, 0.25) is 11.0 Å². The molecule has 1 unspecified atom stereocenters. The third-order valence-corrected chi connectivity index (χ3v) is 7.81. The zero-order chi connectivity index (χ0) is 21.8. The maximum Gasteiger partial charge on any atom is 0.238 e. The molecule has 2 aromatic rings. The topological polar surface area (TPSA) is 58.6 Å². The van der Waals surface area contributed by atoms with Gasteiger partial charge in [-0.3, -0.25) is 9.59 Å². The maximum atomic E-state index is 13.1. The molecule has 2 aromatic carbocycles. The van der Waals surface area contributed by atoms with E-state index < -0.39 is 4.87 Å². The molecule has 0 bridgehead atoms. The summed E-state index contributed by atoms with van der Waals surface area (Å²) in [6.07, 6.45) is 3.16. The number of thioether (sulfide) groups is 1. The Kier molecular flexibility index (Phi) is 7.16. The predicted molar refractivity (Wildman–Crippen MR) is 126 cm³/mol. The molecular weight excluding hydrogens is 476 g/mol. The number of benzene rings is 2. The van der Waals surface area contributed by atoms with Crippen LogP contribution in [0, 0.1) is 0 Å². The first kappa shape index (κ1) is 22.5. The second-order valence-corrected chi connectivity index (χ2v) is 10.6. The first-order valence-corrected chi connectivity index (χ1v) is 12.2. The van der Waals surface area contributed by atoms with Crippen LogP contribution in [0.15, 0.2) is 59.1 Å². The molecule has 2 fully saturated rings. The van der Waals surface area contributed by atoms with E-state index in [2.05, 4.69) is 33.4 Å². The van der Waals surface area contributed by atoms with E-state index in [4.69, 9.17) is 4.74 Å². The molecule has 1 saturated heterocycles. The number of nitrogens with zero attached hydrogens (tertiary/aromatic N) is 1. The van der Waals surface area contributed by atoms with E-state index in [1.165, 1.54) is 11.8 Å². The molecule has 1 amide bonds. The average Bonchev–Trinajstić information content (AvgIpc) is 3.35.